The molecule has 26 nitrogen and oxygen atoms in total. The first kappa shape index (κ1) is 124. The first-order chi connectivity index (χ1) is 50.3. The number of carbonyl (C=O) groups is 8. The number of likely N-dealkylation sites (N-methyl/N-ethyl adjacent to an activating group) is 1. The van der Waals surface area contributed by atoms with Gasteiger partial charge in [-0.2, -0.15) is 0 Å². The Morgan fingerprint density at radius 1 is 0.446 bits per heavy atom. The number of rotatable bonds is 59. The monoisotopic (exact) mass is 1710 g/mol. The van der Waals surface area contributed by atoms with E-state index in [2.05, 4.69) is 128 Å². The molecule has 5 amide bonds. The fourth-order valence-corrected chi connectivity index (χ4v) is 22.8. The van der Waals surface area contributed by atoms with Crippen molar-refractivity contribution in [1.82, 2.24) is 46.2 Å². The maximum absolute atomic E-state index is 13.2. The third-order valence-electron chi connectivity index (χ3n) is 19.8. The van der Waals surface area contributed by atoms with Crippen molar-refractivity contribution in [2.75, 3.05) is 162 Å². The van der Waals surface area contributed by atoms with E-state index in [0.29, 0.717) is 108 Å². The van der Waals surface area contributed by atoms with Crippen molar-refractivity contribution in [2.24, 2.45) is 34.0 Å². The Labute approximate surface area is 701 Å². The molecule has 0 saturated carbocycles. The largest absolute Gasteiger partial charge is 1.00 e. The molecule has 0 spiro atoms. The van der Waals surface area contributed by atoms with Crippen LogP contribution in [0.4, 0.5) is 0 Å². The number of Topliss-reactive ketones (excluding diaryl/α,β-unsaturated/α-hetero) is 1. The number of amides is 5. The van der Waals surface area contributed by atoms with Gasteiger partial charge in [-0.3, -0.25) is 33.6 Å². The van der Waals surface area contributed by atoms with Crippen LogP contribution in [0.25, 0.3) is 0 Å². The Bertz CT molecular complexity index is 2490. The lowest BCUT2D eigenvalue weighted by atomic mass is 9.76. The highest BCUT2D eigenvalue weighted by atomic mass is 35.5. The number of hydrogen-bond acceptors (Lipinski definition) is 21. The molecular weight excluding hydrogens is 1540 g/mol. The van der Waals surface area contributed by atoms with E-state index in [4.69, 9.17) is 35.7 Å². The fourth-order valence-electron chi connectivity index (χ4n) is 11.4. The molecule has 0 aliphatic heterocycles. The second-order valence-electron chi connectivity index (χ2n) is 31.7. The van der Waals surface area contributed by atoms with Gasteiger partial charge in [0.2, 0.25) is 29.5 Å². The Balaban J connectivity index is -0.000000251. The van der Waals surface area contributed by atoms with Crippen molar-refractivity contribution in [3.05, 3.63) is 12.2 Å². The topological polar surface area (TPSA) is 304 Å². The highest BCUT2D eigenvalue weighted by Crippen LogP contribution is 2.33. The van der Waals surface area contributed by atoms with E-state index in [1.54, 1.807) is 28.3 Å². The van der Waals surface area contributed by atoms with E-state index in [9.17, 15) is 43.2 Å². The van der Waals surface area contributed by atoms with Crippen molar-refractivity contribution in [3.63, 3.8) is 0 Å². The van der Waals surface area contributed by atoms with Gasteiger partial charge in [-0.1, -0.05) is 105 Å². The van der Waals surface area contributed by atoms with E-state index in [-0.39, 0.29) is 105 Å². The Kier molecular flexibility index (Phi) is 76.2. The summed E-state index contributed by atoms with van der Waals surface area (Å²) in [5.74, 6) is -0.852. The summed E-state index contributed by atoms with van der Waals surface area (Å²) < 4.78 is 43.4. The van der Waals surface area contributed by atoms with E-state index in [1.165, 1.54) is 14.2 Å². The van der Waals surface area contributed by atoms with Crippen LogP contribution < -0.4 is 51.4 Å². The van der Waals surface area contributed by atoms with Crippen LogP contribution in [0.3, 0.4) is 0 Å². The van der Waals surface area contributed by atoms with Gasteiger partial charge in [0, 0.05) is 134 Å². The number of unbranched alkanes of at least 4 members (excludes halogenated alkanes) is 1. The minimum atomic E-state index is -3.01. The molecule has 112 heavy (non-hydrogen) atoms. The molecule has 0 aromatic rings. The van der Waals surface area contributed by atoms with Gasteiger partial charge < -0.3 is 112 Å². The van der Waals surface area contributed by atoms with Gasteiger partial charge in [-0.25, -0.2) is 4.79 Å². The number of nitrogens with one attached hydrogen (secondary N) is 5. The smallest absolute Gasteiger partial charge is 0.500 e. The molecule has 0 aromatic carbocycles. The lowest BCUT2D eigenvalue weighted by molar-refractivity contribution is -0.155. The Hall–Kier alpha value is -3.29. The van der Waals surface area contributed by atoms with Crippen LogP contribution in [0.1, 0.15) is 215 Å². The second kappa shape index (κ2) is 68.6. The minimum Gasteiger partial charge on any atom is -1.00 e. The highest BCUT2D eigenvalue weighted by Gasteiger charge is 2.40. The van der Waals surface area contributed by atoms with Crippen molar-refractivity contribution in [2.45, 2.75) is 265 Å². The van der Waals surface area contributed by atoms with Crippen LogP contribution in [-0.4, -0.2) is 268 Å². The van der Waals surface area contributed by atoms with Crippen LogP contribution in [0.5, 0.6) is 0 Å². The van der Waals surface area contributed by atoms with Crippen molar-refractivity contribution in [3.8, 4) is 0 Å². The Morgan fingerprint density at radius 3 is 1.21 bits per heavy atom. The standard InChI is InChI=1S/C39H81N5O6Si2.C22H46N2O5Si.C9H18O5Si.C8H18N2O.2CH4.2ClH/c1-15-32(34(45)40-22-19-25-43(9)17-3)30-38(5,6)36(47)42-24-21-28-51(11,12)50-52(13,14)29-27-49-37(48)39(7,8)31-33(16-2)35(46)41-23-20-26-44(10)18-4;1-9-19(21(26)23-15-13-16-24(5)10-2)18-22(3,4)20(25)14-11-12-17-30(27-6,28-7)29-8;1-8(2)9(10)14-6-5-7-15(11,12-3)13-4;1-4-8(11)9-6-7-10(3)5-2;;;;/h32-33H,15-31H2,1-14H3,(H,40,45)(H,41,46)(H,42,47);19H,9-18H2,1-8H3,(H,23,26);11H,1,5-7H2,2-4H3;4-7H2,1-3H3,(H,9,11);2*1H4;2*1H/p-2. The second-order valence-corrected chi connectivity index (χ2v) is 46.4. The van der Waals surface area contributed by atoms with Gasteiger partial charge in [0.1, 0.15) is 5.78 Å². The average Bonchev–Trinajstić information content (AvgIpc) is 0.859. The van der Waals surface area contributed by atoms with Gasteiger partial charge in [0.15, 0.2) is 16.6 Å². The summed E-state index contributed by atoms with van der Waals surface area (Å²) in [5.41, 5.74) is -1.57. The molecule has 3 unspecified atom stereocenters. The molecule has 0 bridgehead atoms. The van der Waals surface area contributed by atoms with Crippen molar-refractivity contribution in [1.29, 1.82) is 0 Å². The summed E-state index contributed by atoms with van der Waals surface area (Å²) in [5, 5.41) is 15.1. The number of esters is 2. The zero-order valence-corrected chi connectivity index (χ0v) is 80.0. The molecule has 670 valence electrons. The lowest BCUT2D eigenvalue weighted by Gasteiger charge is -2.34. The maximum Gasteiger partial charge on any atom is 0.500 e. The lowest BCUT2D eigenvalue weighted by Crippen LogP contribution is -3.00. The maximum atomic E-state index is 13.2. The number of ketones is 1. The normalized spacial score (nSPS) is 12.6. The SMILES string of the molecule is C.C.C=C(C)C(=O)OCCC[Si](O)(OC)OC.CCC(=O)NCCN(C)CC.CCC(CC(C)(C)C(=O)CCCC[Si](OC)(OC)OC)C(=O)NCCCN(C)CC.CCC(CC(C)(C)C(=O)NCCC[Si](C)(C)O[Si](C)(C)CCOC(=O)C(C)(C)CC(CC)C(=O)NCCCN(C)CC)C(=O)NCCCN(C)CC.[Cl-].[Cl-]. The van der Waals surface area contributed by atoms with Gasteiger partial charge in [0.05, 0.1) is 18.6 Å². The molecule has 0 aromatic heterocycles. The fraction of sp³-hybridized carbons (Fsp3) is 0.875. The van der Waals surface area contributed by atoms with Crippen LogP contribution in [0.15, 0.2) is 12.2 Å². The summed E-state index contributed by atoms with van der Waals surface area (Å²) in [6.45, 7) is 53.2. The summed E-state index contributed by atoms with van der Waals surface area (Å²) in [6.07, 6.45) is 10.3. The van der Waals surface area contributed by atoms with Gasteiger partial charge in [-0.15, -0.1) is 0 Å². The number of hydrogen-bond donors (Lipinski definition) is 6. The summed E-state index contributed by atoms with van der Waals surface area (Å²) in [4.78, 5) is 118. The first-order valence-corrected chi connectivity index (χ1v) is 50.3. The number of halogens is 2. The third kappa shape index (κ3) is 60.2. The predicted octanol–water partition coefficient (Wildman–Crippen LogP) is 6.23. The van der Waals surface area contributed by atoms with Crippen LogP contribution in [-0.2, 0) is 74.1 Å². The molecule has 0 saturated heterocycles. The van der Waals surface area contributed by atoms with E-state index >= 15 is 0 Å². The molecular formula is C80H171Cl2N9O17Si4-2. The summed E-state index contributed by atoms with van der Waals surface area (Å²) >= 11 is 0. The van der Waals surface area contributed by atoms with Gasteiger partial charge in [-0.05, 0) is 217 Å². The minimum absolute atomic E-state index is 0. The van der Waals surface area contributed by atoms with E-state index < -0.39 is 56.5 Å². The summed E-state index contributed by atoms with van der Waals surface area (Å²) in [7, 11) is 6.11. The third-order valence-corrected chi connectivity index (χ3v) is 32.3. The molecule has 6 N–H and O–H groups in total. The number of carbonyl (C=O) groups excluding carboxylic acids is 8. The quantitative estimate of drug-likeness (QED) is 0.0170. The van der Waals surface area contributed by atoms with Crippen LogP contribution in [0.2, 0.25) is 50.4 Å². The van der Waals surface area contributed by atoms with E-state index in [0.717, 1.165) is 110 Å². The van der Waals surface area contributed by atoms with Crippen molar-refractivity contribution >= 4 is 81.5 Å². The highest BCUT2D eigenvalue weighted by molar-refractivity contribution is 6.84. The molecule has 3 atom stereocenters. The summed E-state index contributed by atoms with van der Waals surface area (Å²) in [6, 6.07) is 2.66. The predicted molar refractivity (Wildman–Crippen MR) is 461 cm³/mol. The van der Waals surface area contributed by atoms with Crippen LogP contribution in [0, 0.1) is 34.0 Å². The zero-order chi connectivity index (χ0) is 84.0. The van der Waals surface area contributed by atoms with Crippen LogP contribution >= 0.6 is 0 Å². The van der Waals surface area contributed by atoms with Crippen molar-refractivity contribution < 1.29 is 104 Å². The molecule has 0 fully saturated rings. The molecule has 0 radical (unpaired) electrons. The first-order valence-electron chi connectivity index (χ1n) is 40.2. The molecule has 0 rings (SSSR count). The Morgan fingerprint density at radius 2 is 0.830 bits per heavy atom. The molecule has 32 heteroatoms. The van der Waals surface area contributed by atoms with Gasteiger partial charge in [0.25, 0.3) is 0 Å². The van der Waals surface area contributed by atoms with Gasteiger partial charge >= 0.3 is 29.5 Å². The molecule has 0 aliphatic carbocycles. The molecule has 0 heterocycles. The average molecular weight is 1710 g/mol. The number of nitrogens with zero attached hydrogens (tertiary/aromatic N) is 4. The van der Waals surface area contributed by atoms with E-state index in [1.807, 2.05) is 76.3 Å². The number of ether oxygens (including phenoxy) is 2. The molecule has 0 aliphatic rings. The zero-order valence-electron chi connectivity index (χ0n) is 74.5.